The average Bonchev–Trinajstić information content (AvgIpc) is 3.27. The molecule has 2 aliphatic heterocycles. The zero-order valence-corrected chi connectivity index (χ0v) is 18.0. The third-order valence-electron chi connectivity index (χ3n) is 5.74. The Labute approximate surface area is 184 Å². The van der Waals surface area contributed by atoms with E-state index in [0.29, 0.717) is 34.6 Å². The second-order valence-corrected chi connectivity index (χ2v) is 8.78. The lowest BCUT2D eigenvalue weighted by Gasteiger charge is -2.30. The predicted molar refractivity (Wildman–Crippen MR) is 118 cm³/mol. The van der Waals surface area contributed by atoms with Gasteiger partial charge in [-0.15, -0.1) is 11.8 Å². The van der Waals surface area contributed by atoms with Gasteiger partial charge in [-0.05, 0) is 37.1 Å². The summed E-state index contributed by atoms with van der Waals surface area (Å²) in [5.74, 6) is 0.432. The normalized spacial score (nSPS) is 21.2. The minimum absolute atomic E-state index is 0.0203. The topological polar surface area (TPSA) is 106 Å². The Morgan fingerprint density at radius 1 is 1.35 bits per heavy atom. The number of rotatable bonds is 4. The number of fused-ring (bicyclic) bond motifs is 1. The third kappa shape index (κ3) is 4.21. The van der Waals surface area contributed by atoms with Crippen LogP contribution in [0.4, 0.5) is 5.69 Å². The Hall–Kier alpha value is -3.12. The van der Waals surface area contributed by atoms with Crippen LogP contribution in [0.2, 0.25) is 0 Å². The van der Waals surface area contributed by atoms with Crippen molar-refractivity contribution >= 4 is 46.1 Å². The number of thioether (sulfide) groups is 1. The molecule has 3 amide bonds. The molecule has 0 spiro atoms. The second kappa shape index (κ2) is 8.94. The van der Waals surface area contributed by atoms with Crippen LogP contribution in [0.15, 0.2) is 30.5 Å². The fourth-order valence-electron chi connectivity index (χ4n) is 3.96. The number of nitriles is 1. The fraction of sp³-hybridized carbons (Fsp3) is 0.409. The van der Waals surface area contributed by atoms with Crippen molar-refractivity contribution in [3.63, 3.8) is 0 Å². The number of amides is 3. The van der Waals surface area contributed by atoms with E-state index < -0.39 is 11.9 Å². The van der Waals surface area contributed by atoms with Crippen LogP contribution in [0.3, 0.4) is 0 Å². The number of pyridine rings is 1. The van der Waals surface area contributed by atoms with E-state index in [-0.39, 0.29) is 24.3 Å². The molecule has 0 radical (unpaired) electrons. The van der Waals surface area contributed by atoms with Crippen molar-refractivity contribution < 1.29 is 14.4 Å². The maximum atomic E-state index is 12.9. The zero-order chi connectivity index (χ0) is 22.0. The largest absolute Gasteiger partial charge is 0.343 e. The molecule has 4 rings (SSSR count). The Morgan fingerprint density at radius 3 is 3.00 bits per heavy atom. The van der Waals surface area contributed by atoms with Gasteiger partial charge >= 0.3 is 0 Å². The maximum Gasteiger partial charge on any atom is 0.252 e. The molecule has 2 saturated heterocycles. The fourth-order valence-corrected chi connectivity index (χ4v) is 5.06. The Kier molecular flexibility index (Phi) is 6.09. The quantitative estimate of drug-likeness (QED) is 0.786. The van der Waals surface area contributed by atoms with Crippen LogP contribution in [-0.2, 0) is 9.59 Å². The molecular weight excluding hydrogens is 414 g/mol. The Bertz CT molecular complexity index is 1080. The standard InChI is InChI=1S/C22H23N5O3S/c1-14-3-2-8-26(22(14)30)15-4-5-19-18(9-15)17(6-7-24-19)21(29)25-11-20(28)27-13-31-12-16(27)10-23/h4-7,9,14,16H,2-3,8,11-13H2,1H3,(H,25,29)/t14-,16?/m1/s1. The second-order valence-electron chi connectivity index (χ2n) is 7.78. The SMILES string of the molecule is C[C@@H]1CCCN(c2ccc3nccc(C(=O)NCC(=O)N4CSCC4C#N)c3c2)C1=O. The molecule has 2 atom stereocenters. The van der Waals surface area contributed by atoms with Gasteiger partial charge in [0.25, 0.3) is 5.91 Å². The summed E-state index contributed by atoms with van der Waals surface area (Å²) in [6.07, 6.45) is 3.37. The molecule has 2 fully saturated rings. The first-order valence-electron chi connectivity index (χ1n) is 10.2. The van der Waals surface area contributed by atoms with Crippen molar-refractivity contribution in [1.82, 2.24) is 15.2 Å². The highest BCUT2D eigenvalue weighted by atomic mass is 32.2. The van der Waals surface area contributed by atoms with E-state index in [1.807, 2.05) is 19.1 Å². The predicted octanol–water partition coefficient (Wildman–Crippen LogP) is 2.15. The molecule has 9 heteroatoms. The van der Waals surface area contributed by atoms with Crippen LogP contribution in [0.25, 0.3) is 10.9 Å². The van der Waals surface area contributed by atoms with Crippen LogP contribution < -0.4 is 10.2 Å². The lowest BCUT2D eigenvalue weighted by atomic mass is 9.98. The molecule has 0 bridgehead atoms. The highest BCUT2D eigenvalue weighted by Gasteiger charge is 2.29. The minimum atomic E-state index is -0.455. The molecule has 0 aliphatic carbocycles. The number of carbonyl (C=O) groups is 3. The summed E-state index contributed by atoms with van der Waals surface area (Å²) >= 11 is 1.52. The van der Waals surface area contributed by atoms with Gasteiger partial charge in [-0.1, -0.05) is 6.92 Å². The van der Waals surface area contributed by atoms with Crippen LogP contribution >= 0.6 is 11.8 Å². The van der Waals surface area contributed by atoms with Crippen molar-refractivity contribution in [1.29, 1.82) is 5.26 Å². The molecule has 31 heavy (non-hydrogen) atoms. The molecular formula is C22H23N5O3S. The Morgan fingerprint density at radius 2 is 2.19 bits per heavy atom. The lowest BCUT2D eigenvalue weighted by Crippen LogP contribution is -2.42. The summed E-state index contributed by atoms with van der Waals surface area (Å²) in [6, 6.07) is 8.74. The van der Waals surface area contributed by atoms with Gasteiger partial charge in [0.1, 0.15) is 6.04 Å². The van der Waals surface area contributed by atoms with E-state index in [2.05, 4.69) is 16.4 Å². The number of carbonyl (C=O) groups excluding carboxylic acids is 3. The number of aromatic nitrogens is 1. The van der Waals surface area contributed by atoms with Crippen LogP contribution in [0, 0.1) is 17.2 Å². The van der Waals surface area contributed by atoms with Gasteiger partial charge in [0.15, 0.2) is 0 Å². The number of piperidine rings is 1. The van der Waals surface area contributed by atoms with E-state index in [1.165, 1.54) is 16.7 Å². The molecule has 1 N–H and O–H groups in total. The zero-order valence-electron chi connectivity index (χ0n) is 17.2. The Balaban J connectivity index is 1.54. The first-order chi connectivity index (χ1) is 15.0. The highest BCUT2D eigenvalue weighted by Crippen LogP contribution is 2.28. The average molecular weight is 438 g/mol. The van der Waals surface area contributed by atoms with Gasteiger partial charge in [0.05, 0.1) is 29.6 Å². The number of anilines is 1. The van der Waals surface area contributed by atoms with Gasteiger partial charge in [-0.25, -0.2) is 0 Å². The van der Waals surface area contributed by atoms with Gasteiger partial charge in [-0.2, -0.15) is 5.26 Å². The summed E-state index contributed by atoms with van der Waals surface area (Å²) in [7, 11) is 0. The number of nitrogens with one attached hydrogen (secondary N) is 1. The summed E-state index contributed by atoms with van der Waals surface area (Å²) in [6.45, 7) is 2.41. The van der Waals surface area contributed by atoms with E-state index in [4.69, 9.17) is 5.26 Å². The summed E-state index contributed by atoms with van der Waals surface area (Å²) < 4.78 is 0. The molecule has 3 heterocycles. The van der Waals surface area contributed by atoms with Gasteiger partial charge in [0.2, 0.25) is 11.8 Å². The van der Waals surface area contributed by atoms with Crippen LogP contribution in [0.5, 0.6) is 0 Å². The van der Waals surface area contributed by atoms with Gasteiger partial charge in [-0.3, -0.25) is 19.4 Å². The molecule has 1 aromatic carbocycles. The molecule has 8 nitrogen and oxygen atoms in total. The van der Waals surface area contributed by atoms with Crippen molar-refractivity contribution in [2.24, 2.45) is 5.92 Å². The van der Waals surface area contributed by atoms with Crippen molar-refractivity contribution in [3.05, 3.63) is 36.0 Å². The van der Waals surface area contributed by atoms with Gasteiger partial charge < -0.3 is 15.1 Å². The minimum Gasteiger partial charge on any atom is -0.343 e. The molecule has 1 aromatic heterocycles. The number of benzene rings is 1. The summed E-state index contributed by atoms with van der Waals surface area (Å²) in [4.78, 5) is 45.5. The van der Waals surface area contributed by atoms with E-state index in [9.17, 15) is 14.4 Å². The number of hydrogen-bond acceptors (Lipinski definition) is 6. The van der Waals surface area contributed by atoms with Gasteiger partial charge in [0, 0.05) is 35.5 Å². The molecule has 0 saturated carbocycles. The third-order valence-corrected chi connectivity index (χ3v) is 6.75. The van der Waals surface area contributed by atoms with Crippen molar-refractivity contribution in [3.8, 4) is 6.07 Å². The van der Waals surface area contributed by atoms with E-state index >= 15 is 0 Å². The lowest BCUT2D eigenvalue weighted by molar-refractivity contribution is -0.129. The summed E-state index contributed by atoms with van der Waals surface area (Å²) in [5.41, 5.74) is 1.78. The highest BCUT2D eigenvalue weighted by molar-refractivity contribution is 7.99. The monoisotopic (exact) mass is 437 g/mol. The summed E-state index contributed by atoms with van der Waals surface area (Å²) in [5, 5.41) is 12.4. The first-order valence-corrected chi connectivity index (χ1v) is 11.4. The van der Waals surface area contributed by atoms with Crippen molar-refractivity contribution in [2.45, 2.75) is 25.8 Å². The van der Waals surface area contributed by atoms with Crippen LogP contribution in [0.1, 0.15) is 30.1 Å². The molecule has 2 aromatic rings. The molecule has 1 unspecified atom stereocenters. The van der Waals surface area contributed by atoms with E-state index in [0.717, 1.165) is 18.5 Å². The number of nitrogens with zero attached hydrogens (tertiary/aromatic N) is 4. The maximum absolute atomic E-state index is 12.9. The molecule has 2 aliphatic rings. The van der Waals surface area contributed by atoms with E-state index in [1.54, 1.807) is 23.2 Å². The van der Waals surface area contributed by atoms with Crippen molar-refractivity contribution in [2.75, 3.05) is 29.6 Å². The van der Waals surface area contributed by atoms with Crippen LogP contribution in [-0.4, -0.2) is 58.4 Å². The first kappa shape index (κ1) is 21.1. The number of hydrogen-bond donors (Lipinski definition) is 1. The molecule has 160 valence electrons. The smallest absolute Gasteiger partial charge is 0.252 e.